The van der Waals surface area contributed by atoms with Crippen molar-refractivity contribution in [2.45, 2.75) is 6.36 Å². The second kappa shape index (κ2) is 4.70. The summed E-state index contributed by atoms with van der Waals surface area (Å²) in [4.78, 5) is 3.32. The fourth-order valence-electron chi connectivity index (χ4n) is 0.875. The zero-order valence-electron chi connectivity index (χ0n) is 7.58. The van der Waals surface area contributed by atoms with Gasteiger partial charge in [0.15, 0.2) is 0 Å². The van der Waals surface area contributed by atoms with Crippen molar-refractivity contribution in [1.29, 1.82) is 0 Å². The Morgan fingerprint density at radius 3 is 2.40 bits per heavy atom. The lowest BCUT2D eigenvalue weighted by Crippen LogP contribution is -2.28. The summed E-state index contributed by atoms with van der Waals surface area (Å²) in [5.41, 5.74) is 7.50. The highest BCUT2D eigenvalue weighted by molar-refractivity contribution is 5.50. The molecule has 0 saturated heterocycles. The molecular weight excluding hydrogens is 209 g/mol. The Bertz CT molecular complexity index is 335. The monoisotopic (exact) mass is 218 g/mol. The molecule has 1 rings (SSSR count). The summed E-state index contributed by atoms with van der Waals surface area (Å²) >= 11 is 0. The lowest BCUT2D eigenvalue weighted by molar-refractivity contribution is -0.346. The van der Waals surface area contributed by atoms with E-state index in [0.29, 0.717) is 5.56 Å². The first kappa shape index (κ1) is 11.4. The van der Waals surface area contributed by atoms with Crippen molar-refractivity contribution in [3.05, 3.63) is 41.7 Å². The number of rotatable bonds is 3. The maximum absolute atomic E-state index is 11.6. The zero-order valence-corrected chi connectivity index (χ0v) is 7.58. The number of hydroxylamine groups is 1. The van der Waals surface area contributed by atoms with Crippen molar-refractivity contribution in [2.24, 2.45) is 5.73 Å². The minimum absolute atomic E-state index is 0.224. The first-order chi connectivity index (χ1) is 6.97. The summed E-state index contributed by atoms with van der Waals surface area (Å²) < 4.78 is 34.8. The first-order valence-electron chi connectivity index (χ1n) is 4.00. The summed E-state index contributed by atoms with van der Waals surface area (Å²) in [6, 6.07) is 8.66. The number of hydrogen-bond acceptors (Lipinski definition) is 3. The molecule has 1 aromatic rings. The number of alkyl halides is 3. The summed E-state index contributed by atoms with van der Waals surface area (Å²) in [5, 5.41) is 0. The van der Waals surface area contributed by atoms with E-state index in [9.17, 15) is 13.2 Å². The quantitative estimate of drug-likeness (QED) is 0.762. The van der Waals surface area contributed by atoms with E-state index in [-0.39, 0.29) is 5.82 Å². The smallest absolute Gasteiger partial charge is 0.384 e. The van der Waals surface area contributed by atoms with E-state index >= 15 is 0 Å². The van der Waals surface area contributed by atoms with E-state index in [1.54, 1.807) is 35.8 Å². The van der Waals surface area contributed by atoms with Crippen molar-refractivity contribution < 1.29 is 18.0 Å². The summed E-state index contributed by atoms with van der Waals surface area (Å²) in [5.74, 6) is -0.224. The SMILES string of the molecule is NC(=Cc1ccccc1)NOC(F)(F)F. The highest BCUT2D eigenvalue weighted by atomic mass is 19.4. The van der Waals surface area contributed by atoms with Gasteiger partial charge in [-0.2, -0.15) is 4.84 Å². The van der Waals surface area contributed by atoms with Crippen molar-refractivity contribution in [2.75, 3.05) is 0 Å². The van der Waals surface area contributed by atoms with Gasteiger partial charge in [0.05, 0.1) is 0 Å². The molecule has 0 aliphatic heterocycles. The summed E-state index contributed by atoms with van der Waals surface area (Å²) in [6.45, 7) is 0. The van der Waals surface area contributed by atoms with Gasteiger partial charge in [0.2, 0.25) is 0 Å². The van der Waals surface area contributed by atoms with Crippen LogP contribution < -0.4 is 11.2 Å². The van der Waals surface area contributed by atoms with Crippen LogP contribution in [0.3, 0.4) is 0 Å². The Balaban J connectivity index is 2.54. The van der Waals surface area contributed by atoms with Gasteiger partial charge in [0.1, 0.15) is 5.82 Å². The summed E-state index contributed by atoms with van der Waals surface area (Å²) in [7, 11) is 0. The first-order valence-corrected chi connectivity index (χ1v) is 4.00. The average Bonchev–Trinajstić information content (AvgIpc) is 2.15. The van der Waals surface area contributed by atoms with Gasteiger partial charge in [-0.25, -0.2) is 5.48 Å². The Labute approximate surface area is 84.3 Å². The van der Waals surface area contributed by atoms with E-state index in [1.165, 1.54) is 6.08 Å². The van der Waals surface area contributed by atoms with Gasteiger partial charge < -0.3 is 5.73 Å². The lowest BCUT2D eigenvalue weighted by Gasteiger charge is -2.08. The van der Waals surface area contributed by atoms with Gasteiger partial charge in [-0.3, -0.25) is 0 Å². The molecule has 82 valence electrons. The van der Waals surface area contributed by atoms with Crippen molar-refractivity contribution in [1.82, 2.24) is 5.48 Å². The lowest BCUT2D eigenvalue weighted by atomic mass is 10.2. The van der Waals surface area contributed by atoms with Crippen LogP contribution in [-0.2, 0) is 4.84 Å². The van der Waals surface area contributed by atoms with E-state index in [1.807, 2.05) is 0 Å². The van der Waals surface area contributed by atoms with Crippen LogP contribution in [0.4, 0.5) is 13.2 Å². The maximum atomic E-state index is 11.6. The number of halogens is 3. The van der Waals surface area contributed by atoms with Crippen LogP contribution in [0.1, 0.15) is 5.56 Å². The van der Waals surface area contributed by atoms with Gasteiger partial charge in [-0.1, -0.05) is 30.3 Å². The number of nitrogens with two attached hydrogens (primary N) is 1. The van der Waals surface area contributed by atoms with Crippen LogP contribution in [0.5, 0.6) is 0 Å². The van der Waals surface area contributed by atoms with Gasteiger partial charge >= 0.3 is 6.36 Å². The number of hydrogen-bond donors (Lipinski definition) is 2. The Morgan fingerprint density at radius 1 is 1.27 bits per heavy atom. The standard InChI is InChI=1S/C9H9F3N2O/c10-9(11,12)15-14-8(13)6-7-4-2-1-3-5-7/h1-6,14H,13H2. The third-order valence-electron chi connectivity index (χ3n) is 1.41. The van der Waals surface area contributed by atoms with Gasteiger partial charge in [-0.05, 0) is 11.6 Å². The molecule has 6 heteroatoms. The summed E-state index contributed by atoms with van der Waals surface area (Å²) in [6.07, 6.45) is -3.43. The van der Waals surface area contributed by atoms with Crippen molar-refractivity contribution in [3.63, 3.8) is 0 Å². The van der Waals surface area contributed by atoms with Gasteiger partial charge in [0.25, 0.3) is 0 Å². The number of benzene rings is 1. The molecule has 0 heterocycles. The van der Waals surface area contributed by atoms with Crippen molar-refractivity contribution >= 4 is 6.08 Å². The Morgan fingerprint density at radius 2 is 1.87 bits per heavy atom. The minimum Gasteiger partial charge on any atom is -0.384 e. The Hall–Kier alpha value is -1.69. The molecule has 0 spiro atoms. The van der Waals surface area contributed by atoms with Gasteiger partial charge in [-0.15, -0.1) is 13.2 Å². The van der Waals surface area contributed by atoms with Crippen LogP contribution >= 0.6 is 0 Å². The van der Waals surface area contributed by atoms with Crippen LogP contribution in [0.2, 0.25) is 0 Å². The highest BCUT2D eigenvalue weighted by Crippen LogP contribution is 2.14. The fraction of sp³-hybridized carbons (Fsp3) is 0.111. The minimum atomic E-state index is -4.75. The normalized spacial score (nSPS) is 12.6. The molecule has 0 unspecified atom stereocenters. The molecule has 0 aliphatic rings. The molecule has 0 aromatic heterocycles. The zero-order chi connectivity index (χ0) is 11.3. The fourth-order valence-corrected chi connectivity index (χ4v) is 0.875. The van der Waals surface area contributed by atoms with Crippen LogP contribution in [0.25, 0.3) is 6.08 Å². The molecule has 0 fully saturated rings. The molecule has 0 bridgehead atoms. The molecule has 15 heavy (non-hydrogen) atoms. The molecular formula is C9H9F3N2O. The molecule has 3 nitrogen and oxygen atoms in total. The second-order valence-corrected chi connectivity index (χ2v) is 2.66. The maximum Gasteiger partial charge on any atom is 0.543 e. The largest absolute Gasteiger partial charge is 0.543 e. The predicted octanol–water partition coefficient (Wildman–Crippen LogP) is 1.98. The van der Waals surface area contributed by atoms with E-state index < -0.39 is 6.36 Å². The number of nitrogens with one attached hydrogen (secondary N) is 1. The molecule has 0 amide bonds. The third kappa shape index (κ3) is 4.92. The molecule has 3 N–H and O–H groups in total. The molecule has 0 saturated carbocycles. The average molecular weight is 218 g/mol. The topological polar surface area (TPSA) is 47.3 Å². The molecule has 0 radical (unpaired) electrons. The van der Waals surface area contributed by atoms with Gasteiger partial charge in [0, 0.05) is 0 Å². The van der Waals surface area contributed by atoms with Crippen molar-refractivity contribution in [3.8, 4) is 0 Å². The predicted molar refractivity (Wildman–Crippen MR) is 48.9 cm³/mol. The van der Waals surface area contributed by atoms with Crippen LogP contribution in [0.15, 0.2) is 36.2 Å². The van der Waals surface area contributed by atoms with E-state index in [2.05, 4.69) is 4.84 Å². The van der Waals surface area contributed by atoms with E-state index in [0.717, 1.165) is 0 Å². The highest BCUT2D eigenvalue weighted by Gasteiger charge is 2.30. The molecule has 1 aromatic carbocycles. The third-order valence-corrected chi connectivity index (χ3v) is 1.41. The molecule has 0 aliphatic carbocycles. The van der Waals surface area contributed by atoms with E-state index in [4.69, 9.17) is 5.73 Å². The van der Waals surface area contributed by atoms with Crippen LogP contribution in [0, 0.1) is 0 Å². The second-order valence-electron chi connectivity index (χ2n) is 2.66. The van der Waals surface area contributed by atoms with Crippen LogP contribution in [-0.4, -0.2) is 6.36 Å². The Kier molecular flexibility index (Phi) is 3.56. The molecule has 0 atom stereocenters.